The second-order valence-electron chi connectivity index (χ2n) is 6.95. The highest BCUT2D eigenvalue weighted by Crippen LogP contribution is 2.33. The minimum absolute atomic E-state index is 0.278. The van der Waals surface area contributed by atoms with Gasteiger partial charge in [0.15, 0.2) is 0 Å². The molecule has 0 saturated carbocycles. The minimum atomic E-state index is -0.278. The molecule has 0 aliphatic carbocycles. The third kappa shape index (κ3) is 4.32. The Hall–Kier alpha value is -3.58. The average molecular weight is 428 g/mol. The van der Waals surface area contributed by atoms with Crippen LogP contribution in [0.4, 0.5) is 4.39 Å². The molecule has 0 aliphatic heterocycles. The van der Waals surface area contributed by atoms with Crippen LogP contribution in [0.25, 0.3) is 22.0 Å². The lowest BCUT2D eigenvalue weighted by atomic mass is 10.1. The highest BCUT2D eigenvalue weighted by Gasteiger charge is 2.13. The zero-order chi connectivity index (χ0) is 21.0. The monoisotopic (exact) mass is 428 g/mol. The van der Waals surface area contributed by atoms with E-state index >= 15 is 0 Å². The molecule has 0 unspecified atom stereocenters. The largest absolute Gasteiger partial charge is 0.424 e. The van der Waals surface area contributed by atoms with Gasteiger partial charge < -0.3 is 4.42 Å². The van der Waals surface area contributed by atoms with Gasteiger partial charge in [-0.15, -0.1) is 20.4 Å². The van der Waals surface area contributed by atoms with Gasteiger partial charge in [0, 0.05) is 16.3 Å². The Morgan fingerprint density at radius 3 is 2.23 bits per heavy atom. The van der Waals surface area contributed by atoms with Crippen molar-refractivity contribution in [1.29, 1.82) is 0 Å². The molecule has 0 saturated heterocycles. The molecule has 0 radical (unpaired) electrons. The van der Waals surface area contributed by atoms with Crippen molar-refractivity contribution in [3.63, 3.8) is 0 Å². The third-order valence-electron chi connectivity index (χ3n) is 4.81. The van der Waals surface area contributed by atoms with Crippen LogP contribution in [0.15, 0.2) is 88.3 Å². The normalized spacial score (nSPS) is 11.1. The maximum atomic E-state index is 13.3. The van der Waals surface area contributed by atoms with Gasteiger partial charge in [-0.3, -0.25) is 0 Å². The summed E-state index contributed by atoms with van der Waals surface area (Å²) in [7, 11) is 0. The number of halogens is 1. The molecule has 0 spiro atoms. The van der Waals surface area contributed by atoms with Crippen LogP contribution in [-0.2, 0) is 12.2 Å². The summed E-state index contributed by atoms with van der Waals surface area (Å²) in [6, 6.07) is 24.2. The Morgan fingerprint density at radius 1 is 0.710 bits per heavy atom. The molecule has 152 valence electrons. The Balaban J connectivity index is 1.37. The van der Waals surface area contributed by atoms with E-state index in [4.69, 9.17) is 4.42 Å². The molecule has 0 amide bonds. The lowest BCUT2D eigenvalue weighted by Crippen LogP contribution is -1.94. The minimum Gasteiger partial charge on any atom is -0.424 e. The molecule has 2 aromatic heterocycles. The smallest absolute Gasteiger partial charge is 0.226 e. The van der Waals surface area contributed by atoms with Crippen molar-refractivity contribution in [3.8, 4) is 11.3 Å². The van der Waals surface area contributed by atoms with Crippen LogP contribution in [0, 0.1) is 5.82 Å². The summed E-state index contributed by atoms with van der Waals surface area (Å²) in [5.41, 5.74) is 2.67. The van der Waals surface area contributed by atoms with Gasteiger partial charge >= 0.3 is 0 Å². The van der Waals surface area contributed by atoms with E-state index in [-0.39, 0.29) is 5.82 Å². The van der Waals surface area contributed by atoms with Crippen molar-refractivity contribution >= 4 is 22.5 Å². The van der Waals surface area contributed by atoms with Crippen molar-refractivity contribution in [2.75, 3.05) is 0 Å². The first-order chi connectivity index (χ1) is 15.3. The summed E-state index contributed by atoms with van der Waals surface area (Å²) in [4.78, 5) is 0. The maximum Gasteiger partial charge on any atom is 0.226 e. The highest BCUT2D eigenvalue weighted by atomic mass is 32.2. The fourth-order valence-corrected chi connectivity index (χ4v) is 4.13. The first kappa shape index (κ1) is 19.4. The fourth-order valence-electron chi connectivity index (χ4n) is 3.33. The van der Waals surface area contributed by atoms with Gasteiger partial charge in [0.1, 0.15) is 16.5 Å². The molecular weight excluding hydrogens is 411 g/mol. The zero-order valence-corrected chi connectivity index (χ0v) is 17.2. The van der Waals surface area contributed by atoms with E-state index in [0.717, 1.165) is 32.6 Å². The van der Waals surface area contributed by atoms with Crippen LogP contribution in [0.2, 0.25) is 0 Å². The van der Waals surface area contributed by atoms with Crippen LogP contribution in [0.1, 0.15) is 17.3 Å². The van der Waals surface area contributed by atoms with Crippen LogP contribution in [0.3, 0.4) is 0 Å². The lowest BCUT2D eigenvalue weighted by molar-refractivity contribution is 0.474. The van der Waals surface area contributed by atoms with E-state index < -0.39 is 0 Å². The molecule has 31 heavy (non-hydrogen) atoms. The van der Waals surface area contributed by atoms with Crippen molar-refractivity contribution in [3.05, 3.63) is 102 Å². The average Bonchev–Trinajstić information content (AvgIpc) is 3.26. The van der Waals surface area contributed by atoms with Gasteiger partial charge in [-0.25, -0.2) is 4.39 Å². The van der Waals surface area contributed by atoms with Gasteiger partial charge in [0.25, 0.3) is 0 Å². The topological polar surface area (TPSA) is 64.7 Å². The van der Waals surface area contributed by atoms with E-state index in [1.807, 2.05) is 54.6 Å². The SMILES string of the molecule is Fc1ccc(-c2nnc(SCc3nnc(Cc4ccccc4)o3)c3ccccc23)cc1. The maximum absolute atomic E-state index is 13.3. The Morgan fingerprint density at radius 2 is 1.42 bits per heavy atom. The Labute approximate surface area is 182 Å². The lowest BCUT2D eigenvalue weighted by Gasteiger charge is -2.08. The summed E-state index contributed by atoms with van der Waals surface area (Å²) in [5, 5.41) is 19.9. The molecule has 5 aromatic rings. The number of aromatic nitrogens is 4. The number of hydrogen-bond donors (Lipinski definition) is 0. The molecule has 5 rings (SSSR count). The quantitative estimate of drug-likeness (QED) is 0.323. The van der Waals surface area contributed by atoms with E-state index in [1.165, 1.54) is 23.9 Å². The third-order valence-corrected chi connectivity index (χ3v) is 5.78. The van der Waals surface area contributed by atoms with Crippen molar-refractivity contribution in [2.45, 2.75) is 17.2 Å². The summed E-state index contributed by atoms with van der Waals surface area (Å²) >= 11 is 1.50. The van der Waals surface area contributed by atoms with Crippen LogP contribution >= 0.6 is 11.8 Å². The molecule has 0 bridgehead atoms. The second kappa shape index (κ2) is 8.65. The first-order valence-corrected chi connectivity index (χ1v) is 10.7. The summed E-state index contributed by atoms with van der Waals surface area (Å²) in [6.07, 6.45) is 0.605. The van der Waals surface area contributed by atoms with Crippen molar-refractivity contribution < 1.29 is 8.81 Å². The molecule has 5 nitrogen and oxygen atoms in total. The fraction of sp³-hybridized carbons (Fsp3) is 0.0833. The number of thioether (sulfide) groups is 1. The van der Waals surface area contributed by atoms with Crippen molar-refractivity contribution in [2.24, 2.45) is 0 Å². The predicted octanol–water partition coefficient (Wildman–Crippen LogP) is 5.70. The number of rotatable bonds is 6. The molecule has 3 aromatic carbocycles. The Bertz CT molecular complexity index is 1320. The molecule has 0 atom stereocenters. The molecule has 7 heteroatoms. The Kier molecular flexibility index (Phi) is 5.41. The van der Waals surface area contributed by atoms with Gasteiger partial charge in [0.2, 0.25) is 11.8 Å². The van der Waals surface area contributed by atoms with E-state index in [9.17, 15) is 4.39 Å². The highest BCUT2D eigenvalue weighted by molar-refractivity contribution is 7.98. The first-order valence-electron chi connectivity index (χ1n) is 9.75. The summed E-state index contributed by atoms with van der Waals surface area (Å²) < 4.78 is 19.1. The predicted molar refractivity (Wildman–Crippen MR) is 118 cm³/mol. The summed E-state index contributed by atoms with van der Waals surface area (Å²) in [5.74, 6) is 1.35. The van der Waals surface area contributed by atoms with E-state index in [2.05, 4.69) is 20.4 Å². The van der Waals surface area contributed by atoms with Gasteiger partial charge in [-0.05, 0) is 29.8 Å². The van der Waals surface area contributed by atoms with Gasteiger partial charge in [-0.1, -0.05) is 66.4 Å². The molecule has 0 aliphatic rings. The number of nitrogens with zero attached hydrogens (tertiary/aromatic N) is 4. The molecular formula is C24H17FN4OS. The standard InChI is InChI=1S/C24H17FN4OS/c25-18-12-10-17(11-13-18)23-19-8-4-5-9-20(19)24(29-28-23)31-15-22-27-26-21(30-22)14-16-6-2-1-3-7-16/h1-13H,14-15H2. The summed E-state index contributed by atoms with van der Waals surface area (Å²) in [6.45, 7) is 0. The molecule has 0 N–H and O–H groups in total. The van der Waals surface area contributed by atoms with Gasteiger partial charge in [0.05, 0.1) is 12.2 Å². The van der Waals surface area contributed by atoms with Crippen LogP contribution in [-0.4, -0.2) is 20.4 Å². The van der Waals surface area contributed by atoms with Crippen molar-refractivity contribution in [1.82, 2.24) is 20.4 Å². The number of hydrogen-bond acceptors (Lipinski definition) is 6. The van der Waals surface area contributed by atoms with Gasteiger partial charge in [-0.2, -0.15) is 0 Å². The van der Waals surface area contributed by atoms with Crippen LogP contribution < -0.4 is 0 Å². The molecule has 2 heterocycles. The number of fused-ring (bicyclic) bond motifs is 1. The molecule has 0 fully saturated rings. The van der Waals surface area contributed by atoms with E-state index in [1.54, 1.807) is 12.1 Å². The van der Waals surface area contributed by atoms with Crippen LogP contribution in [0.5, 0.6) is 0 Å². The second-order valence-corrected chi connectivity index (χ2v) is 7.91. The number of benzene rings is 3. The van der Waals surface area contributed by atoms with E-state index in [0.29, 0.717) is 24.0 Å². The zero-order valence-electron chi connectivity index (χ0n) is 16.4.